The first-order valence-corrected chi connectivity index (χ1v) is 10.9. The van der Waals surface area contributed by atoms with E-state index in [1.807, 2.05) is 0 Å². The molecule has 2 N–H and O–H groups in total. The van der Waals surface area contributed by atoms with Gasteiger partial charge in [0.1, 0.15) is 11.6 Å². The molecule has 7 nitrogen and oxygen atoms in total. The number of nitrogens with one attached hydrogen (secondary N) is 2. The molecule has 1 saturated heterocycles. The summed E-state index contributed by atoms with van der Waals surface area (Å²) in [4.78, 5) is 39.5. The molecule has 4 rings (SSSR count). The Kier molecular flexibility index (Phi) is 6.79. The number of nitrogens with zero attached hydrogens (tertiary/aromatic N) is 1. The van der Waals surface area contributed by atoms with Crippen LogP contribution in [-0.2, 0) is 4.79 Å². The van der Waals surface area contributed by atoms with Crippen molar-refractivity contribution in [1.29, 1.82) is 0 Å². The molecule has 0 radical (unpaired) electrons. The van der Waals surface area contributed by atoms with Gasteiger partial charge in [-0.15, -0.1) is 0 Å². The summed E-state index contributed by atoms with van der Waals surface area (Å²) in [6.45, 7) is 0.512. The average molecular weight is 482 g/mol. The normalized spacial score (nSPS) is 13.0. The van der Waals surface area contributed by atoms with Crippen molar-refractivity contribution in [2.75, 3.05) is 29.2 Å². The molecule has 3 aromatic carbocycles. The van der Waals surface area contributed by atoms with Crippen LogP contribution in [0.2, 0.25) is 5.02 Å². The molecule has 9 heteroatoms. The maximum absolute atomic E-state index is 13.5. The molecule has 1 aliphatic heterocycles. The maximum atomic E-state index is 13.5. The van der Waals surface area contributed by atoms with Crippen LogP contribution in [0.3, 0.4) is 0 Å². The zero-order valence-corrected chi connectivity index (χ0v) is 19.0. The molecular formula is C25H21ClFN3O4. The van der Waals surface area contributed by atoms with Crippen LogP contribution >= 0.6 is 11.6 Å². The van der Waals surface area contributed by atoms with Crippen molar-refractivity contribution in [2.45, 2.75) is 12.8 Å². The molecule has 0 atom stereocenters. The monoisotopic (exact) mass is 481 g/mol. The highest BCUT2D eigenvalue weighted by Gasteiger charge is 2.26. The summed E-state index contributed by atoms with van der Waals surface area (Å²) in [5.41, 5.74) is 1.55. The fraction of sp³-hybridized carbons (Fsp3) is 0.160. The summed E-state index contributed by atoms with van der Waals surface area (Å²) in [5, 5.41) is 5.87. The van der Waals surface area contributed by atoms with E-state index in [0.717, 1.165) is 6.07 Å². The van der Waals surface area contributed by atoms with E-state index in [9.17, 15) is 18.8 Å². The second kappa shape index (κ2) is 9.93. The lowest BCUT2D eigenvalue weighted by atomic mass is 10.1. The highest BCUT2D eigenvalue weighted by atomic mass is 35.5. The molecule has 1 aliphatic rings. The van der Waals surface area contributed by atoms with Crippen LogP contribution in [0.15, 0.2) is 60.7 Å². The third-order valence-electron chi connectivity index (χ3n) is 5.36. The maximum Gasteiger partial charge on any atom is 0.257 e. The minimum Gasteiger partial charge on any atom is -0.495 e. The Morgan fingerprint density at radius 2 is 1.85 bits per heavy atom. The van der Waals surface area contributed by atoms with Crippen LogP contribution < -0.4 is 20.3 Å². The van der Waals surface area contributed by atoms with Crippen LogP contribution in [0, 0.1) is 5.82 Å². The molecule has 0 bridgehead atoms. The van der Waals surface area contributed by atoms with Gasteiger partial charge in [-0.2, -0.15) is 0 Å². The highest BCUT2D eigenvalue weighted by Crippen LogP contribution is 2.31. The molecule has 0 unspecified atom stereocenters. The summed E-state index contributed by atoms with van der Waals surface area (Å²) in [7, 11) is 1.44. The molecule has 0 spiro atoms. The van der Waals surface area contributed by atoms with E-state index >= 15 is 0 Å². The van der Waals surface area contributed by atoms with E-state index in [-0.39, 0.29) is 11.5 Å². The molecule has 34 heavy (non-hydrogen) atoms. The molecule has 1 heterocycles. The van der Waals surface area contributed by atoms with Crippen molar-refractivity contribution in [3.8, 4) is 5.75 Å². The summed E-state index contributed by atoms with van der Waals surface area (Å²) in [6, 6.07) is 14.8. The lowest BCUT2D eigenvalue weighted by Gasteiger charge is -2.20. The summed E-state index contributed by atoms with van der Waals surface area (Å²) >= 11 is 6.12. The Morgan fingerprint density at radius 3 is 2.56 bits per heavy atom. The standard InChI is InChI=1S/C25H21ClFN3O4/c1-34-22-10-8-18(14-20(22)29-24(32)15-4-2-5-17(27)12-15)28-25(33)19-9-7-16(26)13-21(19)30-11-3-6-23(30)31/h2,4-5,7-10,12-14H,3,6,11H2,1H3,(H,28,33)(H,29,32). The Morgan fingerprint density at radius 1 is 1.03 bits per heavy atom. The van der Waals surface area contributed by atoms with Gasteiger partial charge in [0.25, 0.3) is 11.8 Å². The average Bonchev–Trinajstić information content (AvgIpc) is 3.24. The first-order valence-electron chi connectivity index (χ1n) is 10.5. The largest absolute Gasteiger partial charge is 0.495 e. The van der Waals surface area contributed by atoms with Crippen molar-refractivity contribution >= 4 is 46.4 Å². The topological polar surface area (TPSA) is 87.7 Å². The van der Waals surface area contributed by atoms with Gasteiger partial charge in [0, 0.05) is 29.2 Å². The minimum absolute atomic E-state index is 0.0666. The smallest absolute Gasteiger partial charge is 0.257 e. The first kappa shape index (κ1) is 23.3. The van der Waals surface area contributed by atoms with Gasteiger partial charge < -0.3 is 20.3 Å². The van der Waals surface area contributed by atoms with Crippen LogP contribution in [0.5, 0.6) is 5.75 Å². The number of hydrogen-bond acceptors (Lipinski definition) is 4. The molecular weight excluding hydrogens is 461 g/mol. The van der Waals surface area contributed by atoms with Crippen LogP contribution in [0.4, 0.5) is 21.5 Å². The molecule has 1 fully saturated rings. The predicted octanol–water partition coefficient (Wildman–Crippen LogP) is 5.12. The van der Waals surface area contributed by atoms with Gasteiger partial charge in [0.05, 0.1) is 24.0 Å². The van der Waals surface area contributed by atoms with E-state index in [1.165, 1.54) is 31.4 Å². The fourth-order valence-corrected chi connectivity index (χ4v) is 3.90. The molecule has 174 valence electrons. The second-order valence-corrected chi connectivity index (χ2v) is 8.08. The van der Waals surface area contributed by atoms with Gasteiger partial charge in [-0.3, -0.25) is 14.4 Å². The molecule has 0 aliphatic carbocycles. The van der Waals surface area contributed by atoms with Gasteiger partial charge in [-0.1, -0.05) is 17.7 Å². The number of halogens is 2. The molecule has 0 aromatic heterocycles. The number of carbonyl (C=O) groups is 3. The predicted molar refractivity (Wildman–Crippen MR) is 128 cm³/mol. The van der Waals surface area contributed by atoms with Crippen molar-refractivity contribution < 1.29 is 23.5 Å². The van der Waals surface area contributed by atoms with Crippen molar-refractivity contribution in [3.63, 3.8) is 0 Å². The molecule has 3 amide bonds. The van der Waals surface area contributed by atoms with E-state index in [1.54, 1.807) is 35.2 Å². The third-order valence-corrected chi connectivity index (χ3v) is 5.60. The van der Waals surface area contributed by atoms with Crippen LogP contribution in [0.25, 0.3) is 0 Å². The lowest BCUT2D eigenvalue weighted by Crippen LogP contribution is -2.27. The van der Waals surface area contributed by atoms with Crippen molar-refractivity contribution in [2.24, 2.45) is 0 Å². The van der Waals surface area contributed by atoms with Gasteiger partial charge >= 0.3 is 0 Å². The number of carbonyl (C=O) groups excluding carboxylic acids is 3. The number of amides is 3. The minimum atomic E-state index is -0.534. The van der Waals surface area contributed by atoms with E-state index < -0.39 is 17.6 Å². The third kappa shape index (κ3) is 5.02. The Balaban J connectivity index is 1.58. The number of rotatable bonds is 6. The molecule has 0 saturated carbocycles. The fourth-order valence-electron chi connectivity index (χ4n) is 3.73. The number of hydrogen-bond donors (Lipinski definition) is 2. The zero-order valence-electron chi connectivity index (χ0n) is 18.2. The quantitative estimate of drug-likeness (QED) is 0.511. The lowest BCUT2D eigenvalue weighted by molar-refractivity contribution is -0.117. The zero-order chi connectivity index (χ0) is 24.2. The van der Waals surface area contributed by atoms with Gasteiger partial charge in [0.2, 0.25) is 5.91 Å². The highest BCUT2D eigenvalue weighted by molar-refractivity contribution is 6.31. The van der Waals surface area contributed by atoms with Crippen molar-refractivity contribution in [3.05, 3.63) is 82.6 Å². The number of ether oxygens (including phenoxy) is 1. The Bertz CT molecular complexity index is 1280. The van der Waals surface area contributed by atoms with Crippen LogP contribution in [-0.4, -0.2) is 31.4 Å². The Labute approximate surface area is 200 Å². The first-order chi connectivity index (χ1) is 16.4. The second-order valence-electron chi connectivity index (χ2n) is 7.64. The Hall–Kier alpha value is -3.91. The van der Waals surface area contributed by atoms with Gasteiger partial charge in [-0.05, 0) is 61.0 Å². The van der Waals surface area contributed by atoms with Gasteiger partial charge in [-0.25, -0.2) is 4.39 Å². The van der Waals surface area contributed by atoms with Crippen LogP contribution in [0.1, 0.15) is 33.6 Å². The number of anilines is 3. The SMILES string of the molecule is COc1ccc(NC(=O)c2ccc(Cl)cc2N2CCCC2=O)cc1NC(=O)c1cccc(F)c1. The van der Waals surface area contributed by atoms with E-state index in [2.05, 4.69) is 10.6 Å². The molecule has 3 aromatic rings. The van der Waals surface area contributed by atoms with E-state index in [0.29, 0.717) is 52.8 Å². The summed E-state index contributed by atoms with van der Waals surface area (Å²) in [5.74, 6) is -1.22. The van der Waals surface area contributed by atoms with Gasteiger partial charge in [0.15, 0.2) is 0 Å². The number of methoxy groups -OCH3 is 1. The van der Waals surface area contributed by atoms with Crippen molar-refractivity contribution in [1.82, 2.24) is 0 Å². The summed E-state index contributed by atoms with van der Waals surface area (Å²) < 4.78 is 18.8. The van der Waals surface area contributed by atoms with E-state index in [4.69, 9.17) is 16.3 Å². The number of benzene rings is 3. The summed E-state index contributed by atoms with van der Waals surface area (Å²) in [6.07, 6.45) is 1.12.